The summed E-state index contributed by atoms with van der Waals surface area (Å²) in [5.41, 5.74) is 0.685. The molecule has 113 valence electrons. The molecule has 3 aromatic rings. The molecule has 2 N–H and O–H groups in total. The maximum Gasteiger partial charge on any atom is 0.262 e. The van der Waals surface area contributed by atoms with Crippen molar-refractivity contribution in [3.05, 3.63) is 40.8 Å². The molecule has 9 heteroatoms. The van der Waals surface area contributed by atoms with Crippen molar-refractivity contribution in [2.45, 2.75) is 13.3 Å². The van der Waals surface area contributed by atoms with Crippen LogP contribution < -0.4 is 10.3 Å². The Morgan fingerprint density at radius 2 is 2.00 bits per heavy atom. The molecule has 3 rings (SSSR count). The topological polar surface area (TPSA) is 109 Å². The minimum absolute atomic E-state index is 0. The first-order valence-corrected chi connectivity index (χ1v) is 6.85. The number of H-pyrrole nitrogens is 2. The summed E-state index contributed by atoms with van der Waals surface area (Å²) in [4.78, 5) is 19.2. The number of nitrogens with one attached hydrogen (secondary N) is 2. The second-order valence-electron chi connectivity index (χ2n) is 4.57. The average molecular weight is 321 g/mol. The summed E-state index contributed by atoms with van der Waals surface area (Å²) in [7, 11) is 0. The number of rotatable bonds is 5. The Morgan fingerprint density at radius 1 is 1.17 bits per heavy atom. The van der Waals surface area contributed by atoms with Gasteiger partial charge in [-0.25, -0.2) is 10.1 Å². The van der Waals surface area contributed by atoms with E-state index in [1.54, 1.807) is 0 Å². The quantitative estimate of drug-likeness (QED) is 0.679. The van der Waals surface area contributed by atoms with Crippen molar-refractivity contribution in [1.29, 1.82) is 0 Å². The van der Waals surface area contributed by atoms with E-state index < -0.39 is 0 Å². The normalized spacial score (nSPS) is 10.1. The molecule has 0 aliphatic carbocycles. The Bertz CT molecular complexity index is 818. The van der Waals surface area contributed by atoms with Crippen molar-refractivity contribution < 1.29 is 4.74 Å². The van der Waals surface area contributed by atoms with Gasteiger partial charge in [-0.1, -0.05) is 19.1 Å². The average Bonchev–Trinajstić information content (AvgIpc) is 3.07. The van der Waals surface area contributed by atoms with Gasteiger partial charge in [0.25, 0.3) is 5.56 Å². The van der Waals surface area contributed by atoms with Crippen molar-refractivity contribution in [2.24, 2.45) is 0 Å². The first-order valence-electron chi connectivity index (χ1n) is 6.85. The van der Waals surface area contributed by atoms with Gasteiger partial charge in [0.15, 0.2) is 5.82 Å². The van der Waals surface area contributed by atoms with Gasteiger partial charge in [0.2, 0.25) is 0 Å². The number of aromatic nitrogens is 6. The second-order valence-corrected chi connectivity index (χ2v) is 4.57. The number of hydrogen-bond donors (Lipinski definition) is 2. The predicted octanol–water partition coefficient (Wildman–Crippen LogP) is 1.02. The molecule has 0 aliphatic heterocycles. The minimum atomic E-state index is -0.325. The molecular weight excluding hydrogens is 307 g/mol. The Morgan fingerprint density at radius 3 is 2.70 bits per heavy atom. The van der Waals surface area contributed by atoms with E-state index in [-0.39, 0.29) is 46.5 Å². The molecule has 0 spiro atoms. The van der Waals surface area contributed by atoms with E-state index in [1.165, 1.54) is 6.20 Å². The van der Waals surface area contributed by atoms with Crippen molar-refractivity contribution >= 4 is 29.6 Å². The van der Waals surface area contributed by atoms with Gasteiger partial charge in [0.1, 0.15) is 17.1 Å². The fourth-order valence-corrected chi connectivity index (χ4v) is 1.97. The van der Waals surface area contributed by atoms with Crippen LogP contribution >= 0.6 is 0 Å². The third-order valence-corrected chi connectivity index (χ3v) is 3.00. The van der Waals surface area contributed by atoms with E-state index >= 15 is 0 Å². The Hall–Kier alpha value is -2.03. The van der Waals surface area contributed by atoms with Gasteiger partial charge in [0.05, 0.1) is 12.2 Å². The van der Waals surface area contributed by atoms with Gasteiger partial charge in [-0.05, 0) is 29.0 Å². The molecule has 8 nitrogen and oxygen atoms in total. The Kier molecular flexibility index (Phi) is 6.03. The van der Waals surface area contributed by atoms with Gasteiger partial charge in [-0.15, -0.1) is 5.10 Å². The maximum atomic E-state index is 12.2. The fraction of sp³-hybridized carbons (Fsp3) is 0.214. The second kappa shape index (κ2) is 8.00. The molecule has 0 bridgehead atoms. The molecule has 0 unspecified atom stereocenters. The smallest absolute Gasteiger partial charge is 0.262 e. The molecule has 23 heavy (non-hydrogen) atoms. The van der Waals surface area contributed by atoms with Crippen molar-refractivity contribution in [3.63, 3.8) is 0 Å². The van der Waals surface area contributed by atoms with Crippen LogP contribution in [-0.4, -0.2) is 66.8 Å². The van der Waals surface area contributed by atoms with Crippen molar-refractivity contribution in [1.82, 2.24) is 30.6 Å². The van der Waals surface area contributed by atoms with Crippen LogP contribution in [0, 0.1) is 0 Å². The van der Waals surface area contributed by atoms with Gasteiger partial charge in [-0.3, -0.25) is 4.79 Å². The van der Waals surface area contributed by atoms with Crippen molar-refractivity contribution in [3.8, 4) is 28.5 Å². The maximum absolute atomic E-state index is 12.2. The zero-order valence-electron chi connectivity index (χ0n) is 12.9. The summed E-state index contributed by atoms with van der Waals surface area (Å²) in [6, 6.07) is 7.43. The monoisotopic (exact) mass is 321 g/mol. The first kappa shape index (κ1) is 17.3. The number of ether oxygens (including phenoxy) is 1. The SMILES string of the molecule is CCCOc1ccccc1-c1ncc(-c2nnn[nH]2)c(=O)[nH]1.[Na]. The predicted molar refractivity (Wildman–Crippen MR) is 85.0 cm³/mol. The number of nitrogens with zero attached hydrogens (tertiary/aromatic N) is 4. The van der Waals surface area contributed by atoms with Crippen LogP contribution in [-0.2, 0) is 0 Å². The molecule has 1 aromatic carbocycles. The standard InChI is InChI=1S/C14H14N6O2.Na/c1-2-7-22-11-6-4-3-5-9(11)12-15-8-10(14(21)16-12)13-17-19-20-18-13;/h3-6,8H,2,7H2,1H3,(H,15,16,21)(H,17,18,19,20);. The molecule has 0 amide bonds. The van der Waals surface area contributed by atoms with E-state index in [0.29, 0.717) is 18.2 Å². The Balaban J connectivity index is 0.00000192. The summed E-state index contributed by atoms with van der Waals surface area (Å²) >= 11 is 0. The van der Waals surface area contributed by atoms with Crippen LogP contribution in [0.4, 0.5) is 0 Å². The molecule has 0 aliphatic rings. The third kappa shape index (κ3) is 3.84. The van der Waals surface area contributed by atoms with Gasteiger partial charge in [-0.2, -0.15) is 0 Å². The van der Waals surface area contributed by atoms with Crippen LogP contribution in [0.15, 0.2) is 35.3 Å². The summed E-state index contributed by atoms with van der Waals surface area (Å²) in [5, 5.41) is 13.1. The zero-order chi connectivity index (χ0) is 15.4. The van der Waals surface area contributed by atoms with Crippen molar-refractivity contribution in [2.75, 3.05) is 6.61 Å². The van der Waals surface area contributed by atoms with E-state index in [1.807, 2.05) is 31.2 Å². The molecule has 2 aromatic heterocycles. The van der Waals surface area contributed by atoms with Crippen LogP contribution in [0.25, 0.3) is 22.8 Å². The molecule has 0 saturated heterocycles. The number of para-hydroxylation sites is 1. The van der Waals surface area contributed by atoms with Crippen LogP contribution in [0.2, 0.25) is 0 Å². The largest absolute Gasteiger partial charge is 0.493 e. The molecule has 0 fully saturated rings. The third-order valence-electron chi connectivity index (χ3n) is 3.00. The summed E-state index contributed by atoms with van der Waals surface area (Å²) < 4.78 is 5.68. The summed E-state index contributed by atoms with van der Waals surface area (Å²) in [6.07, 6.45) is 2.34. The molecule has 0 saturated carbocycles. The molecule has 1 radical (unpaired) electrons. The fourth-order valence-electron chi connectivity index (χ4n) is 1.97. The van der Waals surface area contributed by atoms with Gasteiger partial charge >= 0.3 is 0 Å². The first-order chi connectivity index (χ1) is 10.8. The molecule has 0 atom stereocenters. The number of tetrazole rings is 1. The van der Waals surface area contributed by atoms with E-state index in [0.717, 1.165) is 12.0 Å². The van der Waals surface area contributed by atoms with E-state index in [9.17, 15) is 4.79 Å². The van der Waals surface area contributed by atoms with Gasteiger partial charge < -0.3 is 9.72 Å². The minimum Gasteiger partial charge on any atom is -0.493 e. The molecule has 2 heterocycles. The van der Waals surface area contributed by atoms with E-state index in [2.05, 4.69) is 30.6 Å². The Labute approximate surface area is 154 Å². The van der Waals surface area contributed by atoms with Crippen LogP contribution in [0.5, 0.6) is 5.75 Å². The van der Waals surface area contributed by atoms with Crippen LogP contribution in [0.1, 0.15) is 13.3 Å². The number of benzene rings is 1. The number of hydrogen-bond acceptors (Lipinski definition) is 6. The van der Waals surface area contributed by atoms with Crippen LogP contribution in [0.3, 0.4) is 0 Å². The van der Waals surface area contributed by atoms with E-state index in [4.69, 9.17) is 4.74 Å². The summed E-state index contributed by atoms with van der Waals surface area (Å²) in [6.45, 7) is 2.63. The van der Waals surface area contributed by atoms with Gasteiger partial charge in [0, 0.05) is 35.8 Å². The number of aromatic amines is 2. The molecular formula is C14H14N6NaO2. The zero-order valence-corrected chi connectivity index (χ0v) is 14.9. The summed E-state index contributed by atoms with van der Waals surface area (Å²) in [5.74, 6) is 1.39.